The summed E-state index contributed by atoms with van der Waals surface area (Å²) in [5.41, 5.74) is 0.904. The van der Waals surface area contributed by atoms with Gasteiger partial charge in [0, 0.05) is 24.0 Å². The molecule has 2 atom stereocenters. The van der Waals surface area contributed by atoms with Gasteiger partial charge in [0.05, 0.1) is 17.9 Å². The first-order valence-corrected chi connectivity index (χ1v) is 13.0. The molecule has 4 rings (SSSR count). The van der Waals surface area contributed by atoms with Crippen LogP contribution in [-0.2, 0) is 4.79 Å². The number of amides is 2. The number of aromatic amines is 1. The molecule has 2 amide bonds. The van der Waals surface area contributed by atoms with Gasteiger partial charge in [0.2, 0.25) is 5.91 Å². The molecule has 1 fully saturated rings. The number of nitrogens with one attached hydrogen (secondary N) is 3. The van der Waals surface area contributed by atoms with Crippen molar-refractivity contribution in [1.29, 1.82) is 0 Å². The number of rotatable bonds is 8. The molecule has 1 saturated carbocycles. The molecule has 0 bridgehead atoms. The van der Waals surface area contributed by atoms with E-state index in [2.05, 4.69) is 38.0 Å². The fourth-order valence-electron chi connectivity index (χ4n) is 4.82. The molecule has 3 N–H and O–H groups in total. The molecule has 11 nitrogen and oxygen atoms in total. The number of H-pyrrole nitrogens is 1. The molecule has 198 valence electrons. The third-order valence-corrected chi connectivity index (χ3v) is 7.20. The summed E-state index contributed by atoms with van der Waals surface area (Å²) < 4.78 is 3.21. The van der Waals surface area contributed by atoms with E-state index in [1.165, 1.54) is 12.3 Å². The lowest BCUT2D eigenvalue weighted by Gasteiger charge is -2.32. The number of anilines is 1. The molecule has 0 saturated heterocycles. The van der Waals surface area contributed by atoms with E-state index >= 15 is 0 Å². The standard InChI is InChI=1S/C25H33ClN8O3/c1-14(2)34-20(9-10-27-34)24(36)30-22(17-7-5-15(3)6-8-17)25(37)29-18-12-28-33(13-18)16(4)19-11-21(26)31-32-23(19)35/h9-17,22H,5-8H2,1-4H3,(H,29,37)(H,30,36)(H,32,35)/t15?,16?,17?,22-/m0/s1. The molecule has 0 spiro atoms. The van der Waals surface area contributed by atoms with Crippen LogP contribution >= 0.6 is 11.6 Å². The van der Waals surface area contributed by atoms with Crippen molar-refractivity contribution in [2.45, 2.75) is 71.5 Å². The average Bonchev–Trinajstić information content (AvgIpc) is 3.54. The highest BCUT2D eigenvalue weighted by Crippen LogP contribution is 2.31. The normalized spacial score (nSPS) is 19.4. The van der Waals surface area contributed by atoms with Crippen molar-refractivity contribution < 1.29 is 9.59 Å². The van der Waals surface area contributed by atoms with Crippen molar-refractivity contribution in [3.63, 3.8) is 0 Å². The molecule has 1 unspecified atom stereocenters. The molecular formula is C25H33ClN8O3. The van der Waals surface area contributed by atoms with Gasteiger partial charge in [0.25, 0.3) is 11.5 Å². The van der Waals surface area contributed by atoms with Crippen LogP contribution in [0.15, 0.2) is 35.5 Å². The zero-order chi connectivity index (χ0) is 26.7. The highest BCUT2D eigenvalue weighted by Gasteiger charge is 2.33. The van der Waals surface area contributed by atoms with Gasteiger partial charge in [-0.05, 0) is 57.6 Å². The van der Waals surface area contributed by atoms with Gasteiger partial charge >= 0.3 is 0 Å². The third-order valence-electron chi connectivity index (χ3n) is 7.01. The van der Waals surface area contributed by atoms with Crippen LogP contribution in [0.3, 0.4) is 0 Å². The minimum Gasteiger partial charge on any atom is -0.339 e. The van der Waals surface area contributed by atoms with Gasteiger partial charge in [-0.3, -0.25) is 23.7 Å². The summed E-state index contributed by atoms with van der Waals surface area (Å²) in [6.45, 7) is 7.90. The number of nitrogens with zero attached hydrogens (tertiary/aromatic N) is 5. The number of hydrogen-bond donors (Lipinski definition) is 3. The summed E-state index contributed by atoms with van der Waals surface area (Å²) in [5.74, 6) is -0.0201. The van der Waals surface area contributed by atoms with Crippen LogP contribution in [0.2, 0.25) is 5.15 Å². The molecule has 3 aromatic rings. The van der Waals surface area contributed by atoms with Crippen molar-refractivity contribution in [3.8, 4) is 0 Å². The highest BCUT2D eigenvalue weighted by molar-refractivity contribution is 6.29. The lowest BCUT2D eigenvalue weighted by Crippen LogP contribution is -2.49. The van der Waals surface area contributed by atoms with Gasteiger partial charge in [-0.15, -0.1) is 0 Å². The lowest BCUT2D eigenvalue weighted by molar-refractivity contribution is -0.119. The number of carbonyl (C=O) groups excluding carboxylic acids is 2. The van der Waals surface area contributed by atoms with Gasteiger partial charge in [-0.25, -0.2) is 5.10 Å². The van der Waals surface area contributed by atoms with E-state index in [0.29, 0.717) is 22.9 Å². The predicted molar refractivity (Wildman–Crippen MR) is 140 cm³/mol. The maximum atomic E-state index is 13.5. The van der Waals surface area contributed by atoms with Gasteiger partial charge in [0.15, 0.2) is 0 Å². The Morgan fingerprint density at radius 2 is 1.89 bits per heavy atom. The fraction of sp³-hybridized carbons (Fsp3) is 0.520. The Morgan fingerprint density at radius 3 is 2.59 bits per heavy atom. The van der Waals surface area contributed by atoms with Crippen molar-refractivity contribution in [1.82, 2.24) is 35.1 Å². The zero-order valence-electron chi connectivity index (χ0n) is 21.4. The lowest BCUT2D eigenvalue weighted by atomic mass is 9.79. The maximum Gasteiger partial charge on any atom is 0.270 e. The smallest absolute Gasteiger partial charge is 0.270 e. The minimum absolute atomic E-state index is 0.00824. The van der Waals surface area contributed by atoms with Crippen molar-refractivity contribution in [3.05, 3.63) is 57.5 Å². The second kappa shape index (κ2) is 11.3. The molecule has 37 heavy (non-hydrogen) atoms. The van der Waals surface area contributed by atoms with Gasteiger partial charge < -0.3 is 10.6 Å². The summed E-state index contributed by atoms with van der Waals surface area (Å²) in [7, 11) is 0. The van der Waals surface area contributed by atoms with Crippen LogP contribution in [0.5, 0.6) is 0 Å². The second-order valence-electron chi connectivity index (χ2n) is 10.1. The molecule has 3 heterocycles. The van der Waals surface area contributed by atoms with Crippen LogP contribution in [0.4, 0.5) is 5.69 Å². The van der Waals surface area contributed by atoms with Crippen LogP contribution in [-0.4, -0.2) is 47.6 Å². The van der Waals surface area contributed by atoms with E-state index < -0.39 is 12.1 Å². The molecule has 12 heteroatoms. The molecular weight excluding hydrogens is 496 g/mol. The first-order valence-electron chi connectivity index (χ1n) is 12.6. The minimum atomic E-state index is -0.710. The first kappa shape index (κ1) is 26.6. The third kappa shape index (κ3) is 6.10. The highest BCUT2D eigenvalue weighted by atomic mass is 35.5. The quantitative estimate of drug-likeness (QED) is 0.408. The molecule has 1 aliphatic rings. The summed E-state index contributed by atoms with van der Waals surface area (Å²) in [4.78, 5) is 38.9. The van der Waals surface area contributed by atoms with Crippen LogP contribution < -0.4 is 16.2 Å². The number of hydrogen-bond acceptors (Lipinski definition) is 6. The Morgan fingerprint density at radius 1 is 1.16 bits per heavy atom. The van der Waals surface area contributed by atoms with Crippen LogP contribution in [0.25, 0.3) is 0 Å². The van der Waals surface area contributed by atoms with E-state index in [9.17, 15) is 14.4 Å². The first-order chi connectivity index (χ1) is 17.6. The number of aromatic nitrogens is 6. The van der Waals surface area contributed by atoms with E-state index in [4.69, 9.17) is 11.6 Å². The summed E-state index contributed by atoms with van der Waals surface area (Å²) in [6, 6.07) is 2.00. The summed E-state index contributed by atoms with van der Waals surface area (Å²) in [5, 5.41) is 20.7. The number of carbonyl (C=O) groups is 2. The monoisotopic (exact) mass is 528 g/mol. The molecule has 0 radical (unpaired) electrons. The second-order valence-corrected chi connectivity index (χ2v) is 10.5. The average molecular weight is 529 g/mol. The van der Waals surface area contributed by atoms with Crippen molar-refractivity contribution in [2.24, 2.45) is 11.8 Å². The SMILES string of the molecule is CC1CCC([C@H](NC(=O)c2ccnn2C(C)C)C(=O)Nc2cnn(C(C)c3cc(Cl)n[nH]c3=O)c2)CC1. The topological polar surface area (TPSA) is 140 Å². The maximum absolute atomic E-state index is 13.5. The van der Waals surface area contributed by atoms with E-state index in [1.807, 2.05) is 13.8 Å². The molecule has 1 aliphatic carbocycles. The number of halogens is 1. The zero-order valence-corrected chi connectivity index (χ0v) is 22.2. The largest absolute Gasteiger partial charge is 0.339 e. The Hall–Kier alpha value is -3.47. The Bertz CT molecular complexity index is 1310. The van der Waals surface area contributed by atoms with Gasteiger partial charge in [-0.1, -0.05) is 31.4 Å². The van der Waals surface area contributed by atoms with E-state index in [0.717, 1.165) is 25.7 Å². The van der Waals surface area contributed by atoms with Gasteiger partial charge in [-0.2, -0.15) is 15.3 Å². The Labute approximate surface area is 220 Å². The van der Waals surface area contributed by atoms with E-state index in [-0.39, 0.29) is 34.5 Å². The van der Waals surface area contributed by atoms with Crippen LogP contribution in [0, 0.1) is 11.8 Å². The molecule has 0 aromatic carbocycles. The summed E-state index contributed by atoms with van der Waals surface area (Å²) >= 11 is 5.94. The van der Waals surface area contributed by atoms with E-state index in [1.54, 1.807) is 34.7 Å². The Kier molecular flexibility index (Phi) is 8.11. The van der Waals surface area contributed by atoms with Gasteiger partial charge in [0.1, 0.15) is 16.9 Å². The molecule has 0 aliphatic heterocycles. The molecule has 3 aromatic heterocycles. The Balaban J connectivity index is 1.52. The predicted octanol–water partition coefficient (Wildman–Crippen LogP) is 3.57. The fourth-order valence-corrected chi connectivity index (χ4v) is 4.98. The van der Waals surface area contributed by atoms with Crippen LogP contribution in [0.1, 0.15) is 81.5 Å². The van der Waals surface area contributed by atoms with Crippen molar-refractivity contribution in [2.75, 3.05) is 5.32 Å². The summed E-state index contributed by atoms with van der Waals surface area (Å²) in [6.07, 6.45) is 8.46. The van der Waals surface area contributed by atoms with Crippen molar-refractivity contribution >= 4 is 29.1 Å².